The van der Waals surface area contributed by atoms with E-state index in [1.54, 1.807) is 33.1 Å². The molecule has 1 atom stereocenters. The number of piperazine rings is 1. The van der Waals surface area contributed by atoms with Crippen molar-refractivity contribution in [1.29, 1.82) is 0 Å². The second-order valence-corrected chi connectivity index (χ2v) is 18.0. The van der Waals surface area contributed by atoms with Crippen LogP contribution in [0, 0.1) is 0 Å². The van der Waals surface area contributed by atoms with Crippen LogP contribution < -0.4 is 19.1 Å². The lowest BCUT2D eigenvalue weighted by Gasteiger charge is -2.37. The highest BCUT2D eigenvalue weighted by molar-refractivity contribution is 7.99. The summed E-state index contributed by atoms with van der Waals surface area (Å²) in [4.78, 5) is 21.7. The molecule has 4 aromatic rings. The Bertz CT molecular complexity index is 2290. The van der Waals surface area contributed by atoms with Crippen LogP contribution in [-0.2, 0) is 19.0 Å². The predicted octanol–water partition coefficient (Wildman–Crippen LogP) is 9.24. The van der Waals surface area contributed by atoms with Crippen molar-refractivity contribution in [2.75, 3.05) is 64.4 Å². The number of benzene rings is 4. The van der Waals surface area contributed by atoms with Gasteiger partial charge in [0.05, 0.1) is 47.9 Å². The summed E-state index contributed by atoms with van der Waals surface area (Å²) in [6.07, 6.45) is 0.112. The fourth-order valence-corrected chi connectivity index (χ4v) is 9.17. The van der Waals surface area contributed by atoms with E-state index in [4.69, 9.17) is 19.3 Å². The quantitative estimate of drug-likeness (QED) is 0.132. The number of halogens is 5. The second kappa shape index (κ2) is 20.4. The van der Waals surface area contributed by atoms with Gasteiger partial charge in [-0.1, -0.05) is 30.0 Å². The summed E-state index contributed by atoms with van der Waals surface area (Å²) in [5, 5.41) is 29.9. The molecular weight excluding hydrogens is 878 g/mol. The van der Waals surface area contributed by atoms with E-state index in [9.17, 15) is 28.2 Å². The monoisotopic (exact) mass is 933 g/mol. The number of rotatable bonds is 10. The predicted molar refractivity (Wildman–Crippen MR) is 245 cm³/mol. The highest BCUT2D eigenvalue weighted by Gasteiger charge is 2.37. The van der Waals surface area contributed by atoms with Crippen LogP contribution in [0.15, 0.2) is 82.6 Å². The lowest BCUT2D eigenvalue weighted by Crippen LogP contribution is -2.47. The van der Waals surface area contributed by atoms with E-state index in [1.807, 2.05) is 67.3 Å². The van der Waals surface area contributed by atoms with Crippen molar-refractivity contribution in [3.8, 4) is 23.0 Å². The molecule has 4 heterocycles. The van der Waals surface area contributed by atoms with Crippen molar-refractivity contribution in [3.05, 3.63) is 101 Å². The van der Waals surface area contributed by atoms with Crippen LogP contribution in [-0.4, -0.2) is 108 Å². The number of aliphatic hydroxyl groups is 2. The van der Waals surface area contributed by atoms with Crippen LogP contribution in [0.1, 0.15) is 66.7 Å². The Hall–Kier alpha value is -4.15. The maximum Gasteiger partial charge on any atom is 0.416 e. The fraction of sp³-hybridized carbons (Fsp3) is 0.426. The van der Waals surface area contributed by atoms with Crippen LogP contribution in [0.4, 0.5) is 24.5 Å². The number of fused-ring (bicyclic) bond motifs is 4. The summed E-state index contributed by atoms with van der Waals surface area (Å²) in [5.41, 5.74) is 2.23. The van der Waals surface area contributed by atoms with E-state index in [0.717, 1.165) is 60.2 Å². The number of β-amino-alcohol motifs (C(OH)–C–C–N with tert-alkyl or cyclic N) is 1. The van der Waals surface area contributed by atoms with Gasteiger partial charge in [0, 0.05) is 73.5 Å². The van der Waals surface area contributed by atoms with Gasteiger partial charge in [0.2, 0.25) is 0 Å². The van der Waals surface area contributed by atoms with Gasteiger partial charge in [0.25, 0.3) is 0 Å². The average molecular weight is 935 g/mol. The molecule has 0 amide bonds. The zero-order valence-corrected chi connectivity index (χ0v) is 38.5. The number of para-hydroxylation sites is 1. The number of nitrogens with zero attached hydrogens (tertiary/aromatic N) is 3. The Labute approximate surface area is 383 Å². The maximum absolute atomic E-state index is 13.3. The van der Waals surface area contributed by atoms with Crippen LogP contribution in [0.2, 0.25) is 0 Å². The zero-order valence-electron chi connectivity index (χ0n) is 36.0. The van der Waals surface area contributed by atoms with Gasteiger partial charge in [-0.15, -0.1) is 24.8 Å². The van der Waals surface area contributed by atoms with Crippen molar-refractivity contribution >= 4 is 59.8 Å². The minimum atomic E-state index is -4.35. The van der Waals surface area contributed by atoms with Gasteiger partial charge >= 0.3 is 6.18 Å². The normalized spacial score (nSPS) is 18.3. The van der Waals surface area contributed by atoms with Gasteiger partial charge in [-0.05, 0) is 101 Å². The average Bonchev–Trinajstić information content (AvgIpc) is 3.21. The van der Waals surface area contributed by atoms with Crippen LogP contribution in [0.3, 0.4) is 0 Å². The third kappa shape index (κ3) is 11.4. The first kappa shape index (κ1) is 49.9. The third-order valence-corrected chi connectivity index (χ3v) is 12.7. The Kier molecular flexibility index (Phi) is 16.1. The van der Waals surface area contributed by atoms with Crippen LogP contribution in [0.25, 0.3) is 6.08 Å². The summed E-state index contributed by atoms with van der Waals surface area (Å²) >= 11 is 1.53. The van der Waals surface area contributed by atoms with E-state index in [0.29, 0.717) is 53.6 Å². The van der Waals surface area contributed by atoms with Gasteiger partial charge in [0.15, 0.2) is 5.78 Å². The molecule has 63 heavy (non-hydrogen) atoms. The molecule has 1 fully saturated rings. The number of hydrogen-bond acceptors (Lipinski definition) is 11. The Morgan fingerprint density at radius 1 is 0.873 bits per heavy atom. The third-order valence-electron chi connectivity index (χ3n) is 11.6. The molecule has 0 aliphatic carbocycles. The summed E-state index contributed by atoms with van der Waals surface area (Å²) in [5.74, 6) is 1.37. The fourth-order valence-electron chi connectivity index (χ4n) is 8.10. The van der Waals surface area contributed by atoms with E-state index >= 15 is 0 Å². The molecule has 0 aromatic heterocycles. The van der Waals surface area contributed by atoms with Crippen molar-refractivity contribution in [3.63, 3.8) is 0 Å². The highest BCUT2D eigenvalue weighted by atomic mass is 35.5. The van der Waals surface area contributed by atoms with Crippen LogP contribution >= 0.6 is 36.6 Å². The number of aromatic hydroxyl groups is 1. The van der Waals surface area contributed by atoms with E-state index in [2.05, 4.69) is 9.80 Å². The topological polar surface area (TPSA) is 115 Å². The van der Waals surface area contributed by atoms with Crippen molar-refractivity contribution < 1.29 is 47.5 Å². The lowest BCUT2D eigenvalue weighted by atomic mass is 9.89. The minimum Gasteiger partial charge on any atom is -0.507 e. The van der Waals surface area contributed by atoms with E-state index in [1.165, 1.54) is 30.0 Å². The first-order chi connectivity index (χ1) is 29.0. The summed E-state index contributed by atoms with van der Waals surface area (Å²) in [6.45, 7) is 13.8. The Balaban J connectivity index is 0.000000230. The summed E-state index contributed by atoms with van der Waals surface area (Å²) in [6, 6.07) is 18.7. The summed E-state index contributed by atoms with van der Waals surface area (Å²) < 4.78 is 57.3. The molecule has 342 valence electrons. The first-order valence-corrected chi connectivity index (χ1v) is 21.4. The molecule has 0 radical (unpaired) electrons. The number of Topliss-reactive ketones (excluding diaryl/α,β-unsaturated/α-hetero) is 1. The molecule has 4 aliphatic heterocycles. The van der Waals surface area contributed by atoms with Gasteiger partial charge in [-0.2, -0.15) is 13.2 Å². The molecule has 1 unspecified atom stereocenters. The molecule has 1 saturated heterocycles. The molecule has 8 rings (SSSR count). The zero-order chi connectivity index (χ0) is 43.7. The molecule has 4 aliphatic rings. The number of hydrogen-bond donors (Lipinski definition) is 3. The molecule has 16 heteroatoms. The number of ether oxygens (including phenoxy) is 3. The Morgan fingerprint density at radius 3 is 2.24 bits per heavy atom. The van der Waals surface area contributed by atoms with Gasteiger partial charge in [-0.3, -0.25) is 9.69 Å². The van der Waals surface area contributed by atoms with Gasteiger partial charge in [-0.25, -0.2) is 0 Å². The van der Waals surface area contributed by atoms with E-state index < -0.39 is 29.0 Å². The Morgan fingerprint density at radius 2 is 1.56 bits per heavy atom. The maximum atomic E-state index is 13.3. The molecular formula is C47H56Cl2F3N3O7S. The number of aliphatic hydroxyl groups excluding tert-OH is 2. The highest BCUT2D eigenvalue weighted by Crippen LogP contribution is 2.49. The smallest absolute Gasteiger partial charge is 0.416 e. The summed E-state index contributed by atoms with van der Waals surface area (Å²) in [7, 11) is 1.56. The van der Waals surface area contributed by atoms with Crippen molar-refractivity contribution in [1.82, 2.24) is 9.80 Å². The number of methoxy groups -OCH3 is 1. The molecule has 0 bridgehead atoms. The first-order valence-electron chi connectivity index (χ1n) is 20.6. The second-order valence-electron chi connectivity index (χ2n) is 16.9. The van der Waals surface area contributed by atoms with Crippen molar-refractivity contribution in [2.24, 2.45) is 0 Å². The largest absolute Gasteiger partial charge is 0.507 e. The van der Waals surface area contributed by atoms with Gasteiger partial charge < -0.3 is 39.3 Å². The van der Waals surface area contributed by atoms with Crippen LogP contribution in [0.5, 0.6) is 23.0 Å². The molecule has 4 aromatic carbocycles. The molecule has 3 N–H and O–H groups in total. The number of carbonyl (C=O) groups is 1. The number of phenolic OH excluding ortho intramolecular Hbond substituents is 1. The minimum absolute atomic E-state index is 0. The van der Waals surface area contributed by atoms with Gasteiger partial charge in [0.1, 0.15) is 34.2 Å². The molecule has 10 nitrogen and oxygen atoms in total. The number of alkyl halides is 3. The number of phenols is 1. The lowest BCUT2D eigenvalue weighted by molar-refractivity contribution is -0.137. The van der Waals surface area contributed by atoms with E-state index in [-0.39, 0.29) is 54.9 Å². The number of carbonyl (C=O) groups excluding carboxylic acids is 1. The standard InChI is InChI=1S/C25H28O6.C22H26F3N3OS.2ClH/c1-24(2)9-8-16-20(30-24)7-6-14(23(16)29-5)11-18(26)17-10-15-12-22(28)25(3,4)31-21(15)13-19(17)27;23-22(24,25)17-6-7-21-19(16-17)28(18-4-1-2-5-20(18)30-21)9-3-8-26-10-12-27(13-11-26)14-15-29;;/h6-10,13,22,27-28H,11-12H2,1-5H3;1-2,4-7,16,29H,3,8-15H2;2*1H. The van der Waals surface area contributed by atoms with Crippen molar-refractivity contribution in [2.45, 2.75) is 80.2 Å². The SMILES string of the molecule is COc1c(CC(=O)c2cc3c(cc2O)OC(C)(C)C(O)C3)ccc2c1C=CC(C)(C)O2.Cl.Cl.OCCN1CCN(CCCN2c3ccccc3Sc3ccc(C(F)(F)F)cc32)CC1. The number of ketones is 1. The number of anilines is 2. The molecule has 0 saturated carbocycles. The molecule has 0 spiro atoms.